The van der Waals surface area contributed by atoms with Crippen molar-refractivity contribution in [3.63, 3.8) is 0 Å². The number of carbonyl (C=O) groups excluding carboxylic acids is 1. The van der Waals surface area contributed by atoms with Crippen LogP contribution >= 0.6 is 0 Å². The van der Waals surface area contributed by atoms with Crippen LogP contribution in [0.4, 0.5) is 19.2 Å². The first-order valence-corrected chi connectivity index (χ1v) is 8.76. The molecule has 1 heterocycles. The molecule has 3 aromatic rings. The van der Waals surface area contributed by atoms with Crippen LogP contribution in [0.1, 0.15) is 30.9 Å². The van der Waals surface area contributed by atoms with Crippen LogP contribution in [0.2, 0.25) is 0 Å². The largest absolute Gasteiger partial charge is 0.484 e. The van der Waals surface area contributed by atoms with Gasteiger partial charge < -0.3 is 9.15 Å². The van der Waals surface area contributed by atoms with Gasteiger partial charge in [-0.25, -0.2) is 0 Å². The Morgan fingerprint density at radius 1 is 1.07 bits per heavy atom. The molecule has 1 aromatic heterocycles. The number of alkyl halides is 3. The lowest BCUT2D eigenvalue weighted by molar-refractivity contribution is -0.137. The second-order valence-corrected chi connectivity index (χ2v) is 6.55. The van der Waals surface area contributed by atoms with Crippen molar-refractivity contribution in [2.24, 2.45) is 0 Å². The molecule has 0 aliphatic heterocycles. The van der Waals surface area contributed by atoms with E-state index in [9.17, 15) is 18.0 Å². The van der Waals surface area contributed by atoms with Crippen molar-refractivity contribution in [1.82, 2.24) is 10.2 Å². The summed E-state index contributed by atoms with van der Waals surface area (Å²) < 4.78 is 48.5. The number of amides is 1. The number of nitrogens with zero attached hydrogens (tertiary/aromatic N) is 2. The van der Waals surface area contributed by atoms with Crippen LogP contribution in [0.5, 0.6) is 5.75 Å². The average molecular weight is 405 g/mol. The molecule has 1 N–H and O–H groups in total. The highest BCUT2D eigenvalue weighted by molar-refractivity contribution is 5.89. The van der Waals surface area contributed by atoms with E-state index in [4.69, 9.17) is 9.15 Å². The molecule has 0 unspecified atom stereocenters. The minimum Gasteiger partial charge on any atom is -0.484 e. The number of anilines is 1. The van der Waals surface area contributed by atoms with Gasteiger partial charge in [0, 0.05) is 5.56 Å². The van der Waals surface area contributed by atoms with E-state index < -0.39 is 17.6 Å². The van der Waals surface area contributed by atoms with Crippen molar-refractivity contribution < 1.29 is 27.1 Å². The molecule has 29 heavy (non-hydrogen) atoms. The summed E-state index contributed by atoms with van der Waals surface area (Å²) in [6.07, 6.45) is -4.43. The minimum absolute atomic E-state index is 0.0146. The van der Waals surface area contributed by atoms with Gasteiger partial charge >= 0.3 is 12.2 Å². The maximum absolute atomic E-state index is 12.6. The molecule has 9 heteroatoms. The van der Waals surface area contributed by atoms with Gasteiger partial charge in [0.15, 0.2) is 6.61 Å². The molecular formula is C20H18F3N3O3. The molecule has 0 spiro atoms. The number of hydrogen-bond donors (Lipinski definition) is 1. The molecular weight excluding hydrogens is 387 g/mol. The quantitative estimate of drug-likeness (QED) is 0.631. The van der Waals surface area contributed by atoms with Crippen LogP contribution in [-0.4, -0.2) is 22.7 Å². The lowest BCUT2D eigenvalue weighted by Crippen LogP contribution is -2.20. The highest BCUT2D eigenvalue weighted by Crippen LogP contribution is 2.31. The molecule has 0 aliphatic carbocycles. The predicted molar refractivity (Wildman–Crippen MR) is 99.4 cm³/mol. The zero-order chi connectivity index (χ0) is 21.0. The first-order chi connectivity index (χ1) is 13.7. The molecule has 152 valence electrons. The van der Waals surface area contributed by atoms with Crippen molar-refractivity contribution in [1.29, 1.82) is 0 Å². The number of carbonyl (C=O) groups is 1. The fraction of sp³-hybridized carbons (Fsp3) is 0.250. The smallest absolute Gasteiger partial charge is 0.416 e. The van der Waals surface area contributed by atoms with E-state index in [1.165, 1.54) is 12.1 Å². The van der Waals surface area contributed by atoms with Crippen molar-refractivity contribution in [2.45, 2.75) is 25.9 Å². The first kappa shape index (κ1) is 20.4. The molecule has 1 amide bonds. The predicted octanol–water partition coefficient (Wildman–Crippen LogP) is 4.90. The second kappa shape index (κ2) is 8.34. The molecule has 0 aliphatic rings. The molecule has 6 nitrogen and oxygen atoms in total. The summed E-state index contributed by atoms with van der Waals surface area (Å²) in [5.74, 6) is 0.407. The highest BCUT2D eigenvalue weighted by Gasteiger charge is 2.30. The van der Waals surface area contributed by atoms with Gasteiger partial charge in [0.25, 0.3) is 5.91 Å². The minimum atomic E-state index is -4.43. The average Bonchev–Trinajstić information content (AvgIpc) is 3.14. The Balaban J connectivity index is 1.56. The normalized spacial score (nSPS) is 11.5. The number of hydrogen-bond acceptors (Lipinski definition) is 5. The van der Waals surface area contributed by atoms with Crippen LogP contribution in [0.25, 0.3) is 11.5 Å². The molecule has 2 aromatic carbocycles. The summed E-state index contributed by atoms with van der Waals surface area (Å²) in [7, 11) is 0. The lowest BCUT2D eigenvalue weighted by Gasteiger charge is -2.08. The summed E-state index contributed by atoms with van der Waals surface area (Å²) in [5.41, 5.74) is 0.670. The summed E-state index contributed by atoms with van der Waals surface area (Å²) in [4.78, 5) is 12.0. The Kier molecular flexibility index (Phi) is 5.86. The topological polar surface area (TPSA) is 77.2 Å². The van der Waals surface area contributed by atoms with Crippen LogP contribution in [0, 0.1) is 0 Å². The van der Waals surface area contributed by atoms with Gasteiger partial charge in [0.05, 0.1) is 5.56 Å². The third-order valence-corrected chi connectivity index (χ3v) is 4.05. The molecule has 0 radical (unpaired) electrons. The molecule has 0 fully saturated rings. The van der Waals surface area contributed by atoms with E-state index in [1.54, 1.807) is 12.1 Å². The monoisotopic (exact) mass is 405 g/mol. The summed E-state index contributed by atoms with van der Waals surface area (Å²) >= 11 is 0. The number of rotatable bonds is 6. The van der Waals surface area contributed by atoms with Crippen LogP contribution in [0.3, 0.4) is 0 Å². The second-order valence-electron chi connectivity index (χ2n) is 6.55. The fourth-order valence-electron chi connectivity index (χ4n) is 2.45. The lowest BCUT2D eigenvalue weighted by atomic mass is 10.0. The molecule has 0 atom stereocenters. The molecule has 0 bridgehead atoms. The van der Waals surface area contributed by atoms with Gasteiger partial charge in [-0.3, -0.25) is 10.1 Å². The highest BCUT2D eigenvalue weighted by atomic mass is 19.4. The third kappa shape index (κ3) is 5.34. The Labute approximate surface area is 164 Å². The van der Waals surface area contributed by atoms with Crippen molar-refractivity contribution >= 4 is 11.9 Å². The van der Waals surface area contributed by atoms with Gasteiger partial charge in [-0.1, -0.05) is 31.1 Å². The van der Waals surface area contributed by atoms with Crippen molar-refractivity contribution in [3.05, 3.63) is 59.7 Å². The standard InChI is InChI=1S/C20H18F3N3O3/c1-12(2)13-5-9-16(10-6-13)28-11-17(27)24-19-26-25-18(29-19)14-3-7-15(8-4-14)20(21,22)23/h3-10,12H,11H2,1-2H3,(H,24,26,27). The van der Waals surface area contributed by atoms with Gasteiger partial charge in [-0.15, -0.1) is 5.10 Å². The summed E-state index contributed by atoms with van der Waals surface area (Å²) in [5, 5.41) is 9.77. The van der Waals surface area contributed by atoms with Crippen molar-refractivity contribution in [3.8, 4) is 17.2 Å². The van der Waals surface area contributed by atoms with Crippen LogP contribution in [0.15, 0.2) is 52.9 Å². The number of halogens is 3. The Morgan fingerprint density at radius 2 is 1.72 bits per heavy atom. The van der Waals surface area contributed by atoms with Crippen LogP contribution in [-0.2, 0) is 11.0 Å². The number of ether oxygens (including phenoxy) is 1. The number of aromatic nitrogens is 2. The zero-order valence-corrected chi connectivity index (χ0v) is 15.7. The number of benzene rings is 2. The molecule has 0 saturated heterocycles. The van der Waals surface area contributed by atoms with Crippen LogP contribution < -0.4 is 10.1 Å². The summed E-state index contributed by atoms with van der Waals surface area (Å²) in [6.45, 7) is 3.89. The van der Waals surface area contributed by atoms with Crippen molar-refractivity contribution in [2.75, 3.05) is 11.9 Å². The number of nitrogens with one attached hydrogen (secondary N) is 1. The summed E-state index contributed by atoms with van der Waals surface area (Å²) in [6, 6.07) is 11.5. The maximum Gasteiger partial charge on any atom is 0.416 e. The Morgan fingerprint density at radius 3 is 2.31 bits per heavy atom. The first-order valence-electron chi connectivity index (χ1n) is 8.76. The zero-order valence-electron chi connectivity index (χ0n) is 15.7. The maximum atomic E-state index is 12.6. The van der Waals surface area contributed by atoms with Gasteiger partial charge in [-0.2, -0.15) is 13.2 Å². The molecule has 3 rings (SSSR count). The van der Waals surface area contributed by atoms with E-state index in [1.807, 2.05) is 12.1 Å². The van der Waals surface area contributed by atoms with E-state index in [-0.39, 0.29) is 18.5 Å². The fourth-order valence-corrected chi connectivity index (χ4v) is 2.45. The van der Waals surface area contributed by atoms with E-state index >= 15 is 0 Å². The van der Waals surface area contributed by atoms with E-state index in [0.29, 0.717) is 17.2 Å². The van der Waals surface area contributed by atoms with Gasteiger partial charge in [0.1, 0.15) is 5.75 Å². The van der Waals surface area contributed by atoms with E-state index in [2.05, 4.69) is 29.4 Å². The SMILES string of the molecule is CC(C)c1ccc(OCC(=O)Nc2nnc(-c3ccc(C(F)(F)F)cc3)o2)cc1. The molecule has 0 saturated carbocycles. The Hall–Kier alpha value is -3.36. The van der Waals surface area contributed by atoms with Gasteiger partial charge in [0.2, 0.25) is 5.89 Å². The van der Waals surface area contributed by atoms with E-state index in [0.717, 1.165) is 17.7 Å². The van der Waals surface area contributed by atoms with Gasteiger partial charge in [-0.05, 0) is 47.9 Å². The Bertz CT molecular complexity index is 965. The third-order valence-electron chi connectivity index (χ3n) is 4.05.